The average molecular weight is 254 g/mol. The molecular formula is C12H18N2O2S. The summed E-state index contributed by atoms with van der Waals surface area (Å²) in [5, 5.41) is 3.12. The molecule has 0 aromatic carbocycles. The lowest BCUT2D eigenvalue weighted by molar-refractivity contribution is -0.133. The topological polar surface area (TPSA) is 42.4 Å². The second-order valence-electron chi connectivity index (χ2n) is 4.32. The monoisotopic (exact) mass is 254 g/mol. The van der Waals surface area contributed by atoms with Crippen LogP contribution in [-0.2, 0) is 9.53 Å². The predicted octanol–water partition coefficient (Wildman–Crippen LogP) is 2.15. The van der Waals surface area contributed by atoms with Crippen LogP contribution < -0.4 is 0 Å². The zero-order valence-corrected chi connectivity index (χ0v) is 11.1. The number of carbonyl (C=O) groups is 1. The van der Waals surface area contributed by atoms with E-state index in [-0.39, 0.29) is 11.9 Å². The summed E-state index contributed by atoms with van der Waals surface area (Å²) in [6.45, 7) is 3.34. The standard InChI is InChI=1S/C12H18N2O2S/c1-9-8-17-12(13-9)10-4-3-6-14(10)11(15)5-7-16-2/h8,10H,3-7H2,1-2H3/t10-/m1/s1. The van der Waals surface area contributed by atoms with Crippen LogP contribution in [0.2, 0.25) is 0 Å². The third kappa shape index (κ3) is 2.84. The lowest BCUT2D eigenvalue weighted by Gasteiger charge is -2.23. The summed E-state index contributed by atoms with van der Waals surface area (Å²) in [7, 11) is 1.62. The summed E-state index contributed by atoms with van der Waals surface area (Å²) >= 11 is 1.66. The van der Waals surface area contributed by atoms with Gasteiger partial charge in [0.15, 0.2) is 0 Å². The van der Waals surface area contributed by atoms with Gasteiger partial charge in [-0.1, -0.05) is 0 Å². The van der Waals surface area contributed by atoms with Gasteiger partial charge in [0.25, 0.3) is 0 Å². The van der Waals surface area contributed by atoms with Gasteiger partial charge >= 0.3 is 0 Å². The minimum atomic E-state index is 0.183. The minimum Gasteiger partial charge on any atom is -0.384 e. The molecule has 2 rings (SSSR count). The Kier molecular flexibility index (Phi) is 4.12. The van der Waals surface area contributed by atoms with Gasteiger partial charge in [-0.3, -0.25) is 4.79 Å². The molecule has 5 heteroatoms. The molecule has 4 nitrogen and oxygen atoms in total. The molecule has 0 spiro atoms. The van der Waals surface area contributed by atoms with Gasteiger partial charge in [-0.05, 0) is 19.8 Å². The maximum Gasteiger partial charge on any atom is 0.225 e. The molecule has 94 valence electrons. The lowest BCUT2D eigenvalue weighted by atomic mass is 10.2. The highest BCUT2D eigenvalue weighted by molar-refractivity contribution is 7.09. The Morgan fingerprint density at radius 2 is 2.53 bits per heavy atom. The van der Waals surface area contributed by atoms with E-state index in [0.717, 1.165) is 30.1 Å². The fourth-order valence-corrected chi connectivity index (χ4v) is 3.12. The van der Waals surface area contributed by atoms with Gasteiger partial charge < -0.3 is 9.64 Å². The molecule has 0 aliphatic carbocycles. The maximum atomic E-state index is 12.0. The molecule has 1 aliphatic rings. The number of hydrogen-bond acceptors (Lipinski definition) is 4. The molecule has 0 unspecified atom stereocenters. The van der Waals surface area contributed by atoms with E-state index in [1.54, 1.807) is 18.4 Å². The van der Waals surface area contributed by atoms with Gasteiger partial charge in [0, 0.05) is 24.7 Å². The van der Waals surface area contributed by atoms with Crippen molar-refractivity contribution in [1.29, 1.82) is 0 Å². The number of thiazole rings is 1. The van der Waals surface area contributed by atoms with Crippen LogP contribution in [0, 0.1) is 6.92 Å². The molecule has 1 fully saturated rings. The van der Waals surface area contributed by atoms with Crippen LogP contribution >= 0.6 is 11.3 Å². The number of aryl methyl sites for hydroxylation is 1. The second-order valence-corrected chi connectivity index (χ2v) is 5.20. The maximum absolute atomic E-state index is 12.0. The highest BCUT2D eigenvalue weighted by atomic mass is 32.1. The summed E-state index contributed by atoms with van der Waals surface area (Å²) in [6, 6.07) is 0.193. The number of likely N-dealkylation sites (tertiary alicyclic amines) is 1. The van der Waals surface area contributed by atoms with E-state index in [1.807, 2.05) is 17.2 Å². The van der Waals surface area contributed by atoms with Crippen LogP contribution in [0.4, 0.5) is 0 Å². The number of rotatable bonds is 4. The molecule has 1 aliphatic heterocycles. The third-order valence-corrected chi connectivity index (χ3v) is 4.08. The van der Waals surface area contributed by atoms with E-state index in [9.17, 15) is 4.79 Å². The van der Waals surface area contributed by atoms with Crippen molar-refractivity contribution in [3.8, 4) is 0 Å². The molecule has 1 aromatic rings. The minimum absolute atomic E-state index is 0.183. The van der Waals surface area contributed by atoms with Crippen molar-refractivity contribution in [2.24, 2.45) is 0 Å². The van der Waals surface area contributed by atoms with Gasteiger partial charge in [-0.25, -0.2) is 4.98 Å². The Balaban J connectivity index is 2.04. The van der Waals surface area contributed by atoms with Gasteiger partial charge in [0.05, 0.1) is 19.1 Å². The van der Waals surface area contributed by atoms with E-state index < -0.39 is 0 Å². The van der Waals surface area contributed by atoms with Crippen molar-refractivity contribution in [2.75, 3.05) is 20.3 Å². The number of nitrogens with zero attached hydrogens (tertiary/aromatic N) is 2. The zero-order chi connectivity index (χ0) is 12.3. The van der Waals surface area contributed by atoms with Crippen LogP contribution in [0.3, 0.4) is 0 Å². The second kappa shape index (κ2) is 5.60. The highest BCUT2D eigenvalue weighted by Gasteiger charge is 2.31. The molecule has 0 N–H and O–H groups in total. The van der Waals surface area contributed by atoms with E-state index in [0.29, 0.717) is 13.0 Å². The first kappa shape index (κ1) is 12.5. The van der Waals surface area contributed by atoms with Crippen LogP contribution in [0.1, 0.15) is 36.0 Å². The summed E-state index contributed by atoms with van der Waals surface area (Å²) in [5.74, 6) is 0.183. The number of methoxy groups -OCH3 is 1. The molecule has 0 saturated carbocycles. The Morgan fingerprint density at radius 3 is 3.18 bits per heavy atom. The van der Waals surface area contributed by atoms with Crippen LogP contribution in [-0.4, -0.2) is 36.1 Å². The SMILES string of the molecule is COCCC(=O)N1CCC[C@@H]1c1nc(C)cs1. The van der Waals surface area contributed by atoms with E-state index >= 15 is 0 Å². The molecule has 1 atom stereocenters. The summed E-state index contributed by atoms with van der Waals surface area (Å²) < 4.78 is 4.96. The van der Waals surface area contributed by atoms with Gasteiger partial charge in [-0.15, -0.1) is 11.3 Å². The molecule has 0 bridgehead atoms. The molecule has 2 heterocycles. The molecule has 0 radical (unpaired) electrons. The van der Waals surface area contributed by atoms with Crippen molar-refractivity contribution >= 4 is 17.2 Å². The third-order valence-electron chi connectivity index (χ3n) is 3.02. The Labute approximate surface area is 106 Å². The van der Waals surface area contributed by atoms with Crippen molar-refractivity contribution in [3.63, 3.8) is 0 Å². The van der Waals surface area contributed by atoms with Gasteiger partial charge in [0.2, 0.25) is 5.91 Å². The Bertz CT molecular complexity index is 392. The number of amides is 1. The molecular weight excluding hydrogens is 236 g/mol. The van der Waals surface area contributed by atoms with Crippen molar-refractivity contribution in [1.82, 2.24) is 9.88 Å². The zero-order valence-electron chi connectivity index (χ0n) is 10.3. The summed E-state index contributed by atoms with van der Waals surface area (Å²) in [5.41, 5.74) is 1.04. The lowest BCUT2D eigenvalue weighted by Crippen LogP contribution is -2.31. The summed E-state index contributed by atoms with van der Waals surface area (Å²) in [6.07, 6.45) is 2.57. The summed E-state index contributed by atoms with van der Waals surface area (Å²) in [4.78, 5) is 18.5. The quantitative estimate of drug-likeness (QED) is 0.827. The van der Waals surface area contributed by atoms with Crippen LogP contribution in [0.5, 0.6) is 0 Å². The smallest absolute Gasteiger partial charge is 0.225 e. The number of aromatic nitrogens is 1. The average Bonchev–Trinajstić information content (AvgIpc) is 2.93. The molecule has 1 amide bonds. The highest BCUT2D eigenvalue weighted by Crippen LogP contribution is 2.33. The van der Waals surface area contributed by atoms with Crippen molar-refractivity contribution in [2.45, 2.75) is 32.2 Å². The van der Waals surface area contributed by atoms with E-state index in [2.05, 4.69) is 4.98 Å². The first-order valence-electron chi connectivity index (χ1n) is 5.93. The fourth-order valence-electron chi connectivity index (χ4n) is 2.18. The van der Waals surface area contributed by atoms with Crippen molar-refractivity contribution < 1.29 is 9.53 Å². The number of hydrogen-bond donors (Lipinski definition) is 0. The van der Waals surface area contributed by atoms with Gasteiger partial charge in [-0.2, -0.15) is 0 Å². The normalized spacial score (nSPS) is 19.9. The van der Waals surface area contributed by atoms with Crippen LogP contribution in [0.25, 0.3) is 0 Å². The number of ether oxygens (including phenoxy) is 1. The Hall–Kier alpha value is -0.940. The van der Waals surface area contributed by atoms with E-state index in [1.165, 1.54) is 0 Å². The first-order chi connectivity index (χ1) is 8.22. The van der Waals surface area contributed by atoms with Crippen LogP contribution in [0.15, 0.2) is 5.38 Å². The molecule has 1 aromatic heterocycles. The van der Waals surface area contributed by atoms with Gasteiger partial charge in [0.1, 0.15) is 5.01 Å². The van der Waals surface area contributed by atoms with Crippen molar-refractivity contribution in [3.05, 3.63) is 16.1 Å². The largest absolute Gasteiger partial charge is 0.384 e. The molecule has 1 saturated heterocycles. The van der Waals surface area contributed by atoms with E-state index in [4.69, 9.17) is 4.74 Å². The molecule has 17 heavy (non-hydrogen) atoms. The fraction of sp³-hybridized carbons (Fsp3) is 0.667. The Morgan fingerprint density at radius 1 is 1.71 bits per heavy atom. The number of carbonyl (C=O) groups excluding carboxylic acids is 1. The first-order valence-corrected chi connectivity index (χ1v) is 6.80. The predicted molar refractivity (Wildman–Crippen MR) is 67.0 cm³/mol.